The number of aromatic nitrogens is 2. The van der Waals surface area contributed by atoms with E-state index in [1.807, 2.05) is 30.3 Å². The van der Waals surface area contributed by atoms with Gasteiger partial charge in [0.1, 0.15) is 11.9 Å². The molecular formula is C17H22N4O3S. The van der Waals surface area contributed by atoms with Gasteiger partial charge >= 0.3 is 0 Å². The van der Waals surface area contributed by atoms with Gasteiger partial charge in [0.25, 0.3) is 0 Å². The SMILES string of the molecule is CS(=O)(=O)N1CCCCC1C(=O)NCc1ncc(-c2ccccc2)[nH]1. The molecule has 0 spiro atoms. The maximum atomic E-state index is 12.4. The molecule has 134 valence electrons. The maximum absolute atomic E-state index is 12.4. The van der Waals surface area contributed by atoms with Gasteiger partial charge in [0.15, 0.2) is 0 Å². The summed E-state index contributed by atoms with van der Waals surface area (Å²) >= 11 is 0. The summed E-state index contributed by atoms with van der Waals surface area (Å²) in [5, 5.41) is 2.80. The standard InChI is InChI=1S/C17H22N4O3S/c1-25(23,24)21-10-6-5-9-15(21)17(22)19-12-16-18-11-14(20-16)13-7-3-2-4-8-13/h2-4,7-8,11,15H,5-6,9-10,12H2,1H3,(H,18,20)(H,19,22). The first kappa shape index (κ1) is 17.6. The number of nitrogens with zero attached hydrogens (tertiary/aromatic N) is 2. The van der Waals surface area contributed by atoms with E-state index in [2.05, 4.69) is 15.3 Å². The second-order valence-corrected chi connectivity index (χ2v) is 8.15. The van der Waals surface area contributed by atoms with Crippen LogP contribution in [0.1, 0.15) is 25.1 Å². The van der Waals surface area contributed by atoms with Crippen molar-refractivity contribution in [1.29, 1.82) is 0 Å². The fourth-order valence-electron chi connectivity index (χ4n) is 3.07. The molecule has 1 unspecified atom stereocenters. The minimum Gasteiger partial charge on any atom is -0.347 e. The second kappa shape index (κ2) is 7.37. The number of piperidine rings is 1. The van der Waals surface area contributed by atoms with Gasteiger partial charge in [-0.15, -0.1) is 0 Å². The number of nitrogens with one attached hydrogen (secondary N) is 2. The first-order valence-corrected chi connectivity index (χ1v) is 10.1. The largest absolute Gasteiger partial charge is 0.347 e. The van der Waals surface area contributed by atoms with Crippen LogP contribution in [-0.2, 0) is 21.4 Å². The maximum Gasteiger partial charge on any atom is 0.238 e. The molecule has 1 fully saturated rings. The van der Waals surface area contributed by atoms with Crippen molar-refractivity contribution in [2.75, 3.05) is 12.8 Å². The molecule has 1 aliphatic heterocycles. The lowest BCUT2D eigenvalue weighted by atomic mass is 10.0. The number of amides is 1. The van der Waals surface area contributed by atoms with Crippen LogP contribution in [0, 0.1) is 0 Å². The average Bonchev–Trinajstić information content (AvgIpc) is 3.09. The predicted octanol–water partition coefficient (Wildman–Crippen LogP) is 1.51. The van der Waals surface area contributed by atoms with Crippen molar-refractivity contribution in [3.8, 4) is 11.3 Å². The van der Waals surface area contributed by atoms with Crippen LogP contribution in [0.25, 0.3) is 11.3 Å². The number of imidazole rings is 1. The molecule has 0 aliphatic carbocycles. The number of aromatic amines is 1. The lowest BCUT2D eigenvalue weighted by Gasteiger charge is -2.32. The van der Waals surface area contributed by atoms with Gasteiger partial charge in [-0.25, -0.2) is 13.4 Å². The molecule has 0 bridgehead atoms. The van der Waals surface area contributed by atoms with Crippen LogP contribution in [0.3, 0.4) is 0 Å². The number of carbonyl (C=O) groups is 1. The van der Waals surface area contributed by atoms with Gasteiger partial charge in [-0.2, -0.15) is 4.31 Å². The summed E-state index contributed by atoms with van der Waals surface area (Å²) in [5.74, 6) is 0.358. The van der Waals surface area contributed by atoms with Gasteiger partial charge in [0.2, 0.25) is 15.9 Å². The molecule has 1 amide bonds. The topological polar surface area (TPSA) is 95.2 Å². The van der Waals surface area contributed by atoms with Crippen molar-refractivity contribution in [2.45, 2.75) is 31.8 Å². The Morgan fingerprint density at radius 1 is 1.32 bits per heavy atom. The van der Waals surface area contributed by atoms with E-state index in [1.54, 1.807) is 6.20 Å². The van der Waals surface area contributed by atoms with E-state index >= 15 is 0 Å². The summed E-state index contributed by atoms with van der Waals surface area (Å²) in [6.07, 6.45) is 5.06. The Balaban J connectivity index is 1.63. The Morgan fingerprint density at radius 3 is 2.80 bits per heavy atom. The van der Waals surface area contributed by atoms with E-state index in [4.69, 9.17) is 0 Å². The fraction of sp³-hybridized carbons (Fsp3) is 0.412. The third kappa shape index (κ3) is 4.26. The summed E-state index contributed by atoms with van der Waals surface area (Å²) in [4.78, 5) is 19.9. The molecule has 0 saturated carbocycles. The minimum atomic E-state index is -3.39. The molecule has 3 rings (SSSR count). The van der Waals surface area contributed by atoms with Crippen LogP contribution in [0.5, 0.6) is 0 Å². The zero-order chi connectivity index (χ0) is 17.9. The zero-order valence-electron chi connectivity index (χ0n) is 14.1. The zero-order valence-corrected chi connectivity index (χ0v) is 14.9. The van der Waals surface area contributed by atoms with Gasteiger partial charge in [-0.3, -0.25) is 4.79 Å². The highest BCUT2D eigenvalue weighted by Crippen LogP contribution is 2.20. The number of hydrogen-bond acceptors (Lipinski definition) is 4. The van der Waals surface area contributed by atoms with Crippen LogP contribution in [0.15, 0.2) is 36.5 Å². The van der Waals surface area contributed by atoms with Gasteiger partial charge in [0.05, 0.1) is 24.7 Å². The predicted molar refractivity (Wildman–Crippen MR) is 95.1 cm³/mol. The third-order valence-electron chi connectivity index (χ3n) is 4.33. The first-order valence-electron chi connectivity index (χ1n) is 8.29. The molecule has 1 aliphatic rings. The van der Waals surface area contributed by atoms with Crippen molar-refractivity contribution >= 4 is 15.9 Å². The molecule has 2 aromatic rings. The van der Waals surface area contributed by atoms with Crippen molar-refractivity contribution < 1.29 is 13.2 Å². The summed E-state index contributed by atoms with van der Waals surface area (Å²) < 4.78 is 25.0. The van der Waals surface area contributed by atoms with E-state index in [0.29, 0.717) is 18.8 Å². The number of hydrogen-bond donors (Lipinski definition) is 2. The Hall–Kier alpha value is -2.19. The normalized spacial score (nSPS) is 18.8. The van der Waals surface area contributed by atoms with Gasteiger partial charge in [0, 0.05) is 6.54 Å². The highest BCUT2D eigenvalue weighted by Gasteiger charge is 2.34. The molecule has 2 N–H and O–H groups in total. The molecule has 1 atom stereocenters. The van der Waals surface area contributed by atoms with Crippen LogP contribution in [0.4, 0.5) is 0 Å². The van der Waals surface area contributed by atoms with Crippen LogP contribution in [-0.4, -0.2) is 47.4 Å². The lowest BCUT2D eigenvalue weighted by molar-refractivity contribution is -0.125. The molecule has 8 heteroatoms. The lowest BCUT2D eigenvalue weighted by Crippen LogP contribution is -2.51. The van der Waals surface area contributed by atoms with E-state index in [9.17, 15) is 13.2 Å². The van der Waals surface area contributed by atoms with Gasteiger partial charge in [-0.1, -0.05) is 36.8 Å². The van der Waals surface area contributed by atoms with E-state index in [1.165, 1.54) is 4.31 Å². The smallest absolute Gasteiger partial charge is 0.238 e. The number of H-pyrrole nitrogens is 1. The number of benzene rings is 1. The Morgan fingerprint density at radius 2 is 2.08 bits per heavy atom. The monoisotopic (exact) mass is 362 g/mol. The Bertz CT molecular complexity index is 833. The summed E-state index contributed by atoms with van der Waals surface area (Å²) in [5.41, 5.74) is 1.89. The molecule has 0 radical (unpaired) electrons. The molecule has 7 nitrogen and oxygen atoms in total. The third-order valence-corrected chi connectivity index (χ3v) is 5.61. The number of sulfonamides is 1. The fourth-order valence-corrected chi connectivity index (χ4v) is 4.19. The van der Waals surface area contributed by atoms with Crippen LogP contribution >= 0.6 is 0 Å². The quantitative estimate of drug-likeness (QED) is 0.843. The van der Waals surface area contributed by atoms with Gasteiger partial charge < -0.3 is 10.3 Å². The molecule has 1 saturated heterocycles. The van der Waals surface area contributed by atoms with Crippen molar-refractivity contribution in [3.05, 3.63) is 42.4 Å². The second-order valence-electron chi connectivity index (χ2n) is 6.21. The molecule has 2 heterocycles. The number of carbonyl (C=O) groups excluding carboxylic acids is 1. The van der Waals surface area contributed by atoms with Crippen molar-refractivity contribution in [1.82, 2.24) is 19.6 Å². The first-order chi connectivity index (χ1) is 11.9. The highest BCUT2D eigenvalue weighted by molar-refractivity contribution is 7.88. The average molecular weight is 362 g/mol. The summed E-state index contributed by atoms with van der Waals surface area (Å²) in [6, 6.07) is 9.15. The summed E-state index contributed by atoms with van der Waals surface area (Å²) in [7, 11) is -3.39. The highest BCUT2D eigenvalue weighted by atomic mass is 32.2. The number of rotatable bonds is 5. The van der Waals surface area contributed by atoms with E-state index in [-0.39, 0.29) is 12.5 Å². The van der Waals surface area contributed by atoms with Crippen molar-refractivity contribution in [2.24, 2.45) is 0 Å². The Kier molecular flexibility index (Phi) is 5.19. The molecule has 1 aromatic carbocycles. The molecule has 1 aromatic heterocycles. The van der Waals surface area contributed by atoms with Crippen LogP contribution < -0.4 is 5.32 Å². The van der Waals surface area contributed by atoms with Crippen LogP contribution in [0.2, 0.25) is 0 Å². The van der Waals surface area contributed by atoms with E-state index in [0.717, 1.165) is 30.4 Å². The van der Waals surface area contributed by atoms with Crippen molar-refractivity contribution in [3.63, 3.8) is 0 Å². The molecule has 25 heavy (non-hydrogen) atoms. The molecular weight excluding hydrogens is 340 g/mol. The summed E-state index contributed by atoms with van der Waals surface area (Å²) in [6.45, 7) is 0.635. The minimum absolute atomic E-state index is 0.236. The Labute approximate surface area is 147 Å². The van der Waals surface area contributed by atoms with Gasteiger partial charge in [-0.05, 0) is 18.4 Å². The van der Waals surface area contributed by atoms with E-state index < -0.39 is 16.1 Å².